The van der Waals surface area contributed by atoms with Gasteiger partial charge in [-0.05, 0) is 6.92 Å². The third-order valence-electron chi connectivity index (χ3n) is 2.17. The summed E-state index contributed by atoms with van der Waals surface area (Å²) in [4.78, 5) is 9.75. The summed E-state index contributed by atoms with van der Waals surface area (Å²) in [6.45, 7) is 2.40. The normalized spacial score (nSPS) is 10.5. The molecule has 6 nitrogen and oxygen atoms in total. The second kappa shape index (κ2) is 4.58. The maximum absolute atomic E-state index is 5.81. The number of aryl methyl sites for hydroxylation is 1. The van der Waals surface area contributed by atoms with Crippen LogP contribution >= 0.6 is 11.6 Å². The Morgan fingerprint density at radius 1 is 1.41 bits per heavy atom. The number of hydrogen-bond acceptors (Lipinski definition) is 6. The molecule has 0 aliphatic rings. The van der Waals surface area contributed by atoms with Crippen molar-refractivity contribution in [3.05, 3.63) is 28.7 Å². The van der Waals surface area contributed by atoms with Gasteiger partial charge < -0.3 is 15.2 Å². The van der Waals surface area contributed by atoms with Crippen molar-refractivity contribution in [3.8, 4) is 0 Å². The Bertz CT molecular complexity index is 507. The molecule has 0 aliphatic heterocycles. The fraction of sp³-hybridized carbons (Fsp3) is 0.300. The first kappa shape index (κ1) is 11.7. The number of anilines is 2. The molecule has 0 radical (unpaired) electrons. The van der Waals surface area contributed by atoms with Gasteiger partial charge in [0.2, 0.25) is 5.95 Å². The van der Waals surface area contributed by atoms with Crippen LogP contribution in [0.4, 0.5) is 11.8 Å². The standard InChI is InChI=1S/C10H12ClN5O/c1-6-3-7(15-17-6)5-16(2)9-4-8(11)13-10(12)14-9/h3-4H,5H2,1-2H3,(H2,12,13,14). The van der Waals surface area contributed by atoms with E-state index < -0.39 is 0 Å². The van der Waals surface area contributed by atoms with Crippen LogP contribution in [0, 0.1) is 6.92 Å². The first-order chi connectivity index (χ1) is 8.04. The van der Waals surface area contributed by atoms with E-state index in [2.05, 4.69) is 15.1 Å². The zero-order valence-corrected chi connectivity index (χ0v) is 10.3. The molecular weight excluding hydrogens is 242 g/mol. The van der Waals surface area contributed by atoms with E-state index in [-0.39, 0.29) is 5.95 Å². The van der Waals surface area contributed by atoms with Crippen molar-refractivity contribution in [2.75, 3.05) is 17.7 Å². The average molecular weight is 254 g/mol. The third kappa shape index (κ3) is 2.85. The minimum absolute atomic E-state index is 0.149. The third-order valence-corrected chi connectivity index (χ3v) is 2.36. The van der Waals surface area contributed by atoms with Crippen molar-refractivity contribution in [2.24, 2.45) is 0 Å². The highest BCUT2D eigenvalue weighted by molar-refractivity contribution is 6.29. The van der Waals surface area contributed by atoms with E-state index in [4.69, 9.17) is 21.9 Å². The van der Waals surface area contributed by atoms with Crippen LogP contribution < -0.4 is 10.6 Å². The van der Waals surface area contributed by atoms with Gasteiger partial charge in [0.1, 0.15) is 22.4 Å². The van der Waals surface area contributed by atoms with Crippen LogP contribution in [0.15, 0.2) is 16.7 Å². The van der Waals surface area contributed by atoms with E-state index in [9.17, 15) is 0 Å². The maximum atomic E-state index is 5.81. The van der Waals surface area contributed by atoms with Crippen LogP contribution in [0.5, 0.6) is 0 Å². The van der Waals surface area contributed by atoms with E-state index in [1.807, 2.05) is 24.9 Å². The molecular formula is C10H12ClN5O. The zero-order chi connectivity index (χ0) is 12.4. The van der Waals surface area contributed by atoms with Gasteiger partial charge in [-0.15, -0.1) is 0 Å². The van der Waals surface area contributed by atoms with E-state index in [0.29, 0.717) is 17.5 Å². The lowest BCUT2D eigenvalue weighted by Gasteiger charge is -2.16. The van der Waals surface area contributed by atoms with Crippen LogP contribution in [0.3, 0.4) is 0 Å². The minimum Gasteiger partial charge on any atom is -0.368 e. The van der Waals surface area contributed by atoms with Crippen molar-refractivity contribution >= 4 is 23.4 Å². The molecule has 0 saturated heterocycles. The summed E-state index contributed by atoms with van der Waals surface area (Å²) in [5.41, 5.74) is 6.35. The van der Waals surface area contributed by atoms with Crippen LogP contribution in [0.1, 0.15) is 11.5 Å². The summed E-state index contributed by atoms with van der Waals surface area (Å²) >= 11 is 5.81. The van der Waals surface area contributed by atoms with E-state index in [1.54, 1.807) is 6.07 Å². The van der Waals surface area contributed by atoms with Gasteiger partial charge in [-0.1, -0.05) is 16.8 Å². The number of hydrogen-bond donors (Lipinski definition) is 1. The average Bonchev–Trinajstić information content (AvgIpc) is 2.62. The molecule has 0 aliphatic carbocycles. The highest BCUT2D eigenvalue weighted by Crippen LogP contribution is 2.17. The van der Waals surface area contributed by atoms with Crippen molar-refractivity contribution in [2.45, 2.75) is 13.5 Å². The van der Waals surface area contributed by atoms with Crippen LogP contribution in [-0.4, -0.2) is 22.2 Å². The summed E-state index contributed by atoms with van der Waals surface area (Å²) in [5, 5.41) is 4.22. The Kier molecular flexibility index (Phi) is 3.14. The van der Waals surface area contributed by atoms with Crippen molar-refractivity contribution < 1.29 is 4.52 Å². The molecule has 0 fully saturated rings. The Balaban J connectivity index is 2.16. The first-order valence-corrected chi connectivity index (χ1v) is 5.36. The van der Waals surface area contributed by atoms with Crippen LogP contribution in [0.25, 0.3) is 0 Å². The lowest BCUT2D eigenvalue weighted by Crippen LogP contribution is -2.18. The van der Waals surface area contributed by atoms with E-state index in [0.717, 1.165) is 11.5 Å². The van der Waals surface area contributed by atoms with Gasteiger partial charge >= 0.3 is 0 Å². The van der Waals surface area contributed by atoms with Gasteiger partial charge in [0.05, 0.1) is 6.54 Å². The first-order valence-electron chi connectivity index (χ1n) is 4.98. The molecule has 0 amide bonds. The minimum atomic E-state index is 0.149. The Morgan fingerprint density at radius 3 is 2.76 bits per heavy atom. The van der Waals surface area contributed by atoms with Crippen molar-refractivity contribution in [3.63, 3.8) is 0 Å². The summed E-state index contributed by atoms with van der Waals surface area (Å²) < 4.78 is 4.99. The second-order valence-electron chi connectivity index (χ2n) is 3.69. The zero-order valence-electron chi connectivity index (χ0n) is 9.51. The topological polar surface area (TPSA) is 81.1 Å². The molecule has 2 rings (SSSR count). The fourth-order valence-electron chi connectivity index (χ4n) is 1.43. The molecule has 0 unspecified atom stereocenters. The van der Waals surface area contributed by atoms with Gasteiger partial charge in [-0.3, -0.25) is 0 Å². The molecule has 2 aromatic heterocycles. The molecule has 2 N–H and O–H groups in total. The molecule has 90 valence electrons. The monoisotopic (exact) mass is 253 g/mol. The Labute approximate surface area is 103 Å². The number of halogens is 1. The summed E-state index contributed by atoms with van der Waals surface area (Å²) in [5.74, 6) is 1.56. The largest absolute Gasteiger partial charge is 0.368 e. The van der Waals surface area contributed by atoms with Crippen molar-refractivity contribution in [1.82, 2.24) is 15.1 Å². The summed E-state index contributed by atoms with van der Waals surface area (Å²) in [7, 11) is 1.86. The molecule has 2 heterocycles. The van der Waals surface area contributed by atoms with Gasteiger partial charge in [-0.2, -0.15) is 4.98 Å². The predicted octanol–water partition coefficient (Wildman–Crippen LogP) is 1.65. The number of rotatable bonds is 3. The van der Waals surface area contributed by atoms with Crippen LogP contribution in [0.2, 0.25) is 5.15 Å². The molecule has 0 atom stereocenters. The smallest absolute Gasteiger partial charge is 0.223 e. The molecule has 7 heteroatoms. The van der Waals surface area contributed by atoms with Gasteiger partial charge in [0.25, 0.3) is 0 Å². The van der Waals surface area contributed by atoms with E-state index in [1.165, 1.54) is 0 Å². The quantitative estimate of drug-likeness (QED) is 0.838. The molecule has 2 aromatic rings. The lowest BCUT2D eigenvalue weighted by molar-refractivity contribution is 0.390. The predicted molar refractivity (Wildman–Crippen MR) is 64.8 cm³/mol. The van der Waals surface area contributed by atoms with Crippen LogP contribution in [-0.2, 0) is 6.54 Å². The number of nitrogens with two attached hydrogens (primary N) is 1. The molecule has 0 bridgehead atoms. The molecule has 0 spiro atoms. The number of nitrogen functional groups attached to an aromatic ring is 1. The van der Waals surface area contributed by atoms with E-state index >= 15 is 0 Å². The number of nitrogens with zero attached hydrogens (tertiary/aromatic N) is 4. The highest BCUT2D eigenvalue weighted by Gasteiger charge is 2.09. The molecule has 0 saturated carbocycles. The van der Waals surface area contributed by atoms with Gasteiger partial charge in [-0.25, -0.2) is 4.98 Å². The second-order valence-corrected chi connectivity index (χ2v) is 4.08. The summed E-state index contributed by atoms with van der Waals surface area (Å²) in [6.07, 6.45) is 0. The van der Waals surface area contributed by atoms with Crippen molar-refractivity contribution in [1.29, 1.82) is 0 Å². The lowest BCUT2D eigenvalue weighted by atomic mass is 10.3. The fourth-order valence-corrected chi connectivity index (χ4v) is 1.62. The SMILES string of the molecule is Cc1cc(CN(C)c2cc(Cl)nc(N)n2)no1. The number of aromatic nitrogens is 3. The summed E-state index contributed by atoms with van der Waals surface area (Å²) in [6, 6.07) is 3.51. The molecule has 0 aromatic carbocycles. The Hall–Kier alpha value is -1.82. The molecule has 17 heavy (non-hydrogen) atoms. The van der Waals surface area contributed by atoms with Gasteiger partial charge in [0, 0.05) is 19.2 Å². The highest BCUT2D eigenvalue weighted by atomic mass is 35.5. The Morgan fingerprint density at radius 2 is 2.18 bits per heavy atom. The van der Waals surface area contributed by atoms with Gasteiger partial charge in [0.15, 0.2) is 0 Å². The maximum Gasteiger partial charge on any atom is 0.223 e.